The van der Waals surface area contributed by atoms with Crippen LogP contribution in [0.1, 0.15) is 33.6 Å². The Bertz CT molecular complexity index is 802. The molecule has 1 N–H and O–H groups in total. The maximum atomic E-state index is 13.3. The SMILES string of the molecule is O=C(NCC1CCN(C(=O)c2cccc(F)c2)CC1)c1cccc(F)c1. The van der Waals surface area contributed by atoms with Crippen LogP contribution in [0.3, 0.4) is 0 Å². The fourth-order valence-electron chi connectivity index (χ4n) is 3.11. The number of nitrogens with zero attached hydrogens (tertiary/aromatic N) is 1. The van der Waals surface area contributed by atoms with Crippen LogP contribution in [0.2, 0.25) is 0 Å². The van der Waals surface area contributed by atoms with Crippen molar-refractivity contribution in [3.8, 4) is 0 Å². The summed E-state index contributed by atoms with van der Waals surface area (Å²) in [6, 6.07) is 11.3. The first-order valence-corrected chi connectivity index (χ1v) is 8.61. The molecular weight excluding hydrogens is 338 g/mol. The van der Waals surface area contributed by atoms with E-state index in [1.807, 2.05) is 0 Å². The number of hydrogen-bond donors (Lipinski definition) is 1. The Morgan fingerprint density at radius 1 is 0.962 bits per heavy atom. The monoisotopic (exact) mass is 358 g/mol. The highest BCUT2D eigenvalue weighted by Crippen LogP contribution is 2.19. The minimum atomic E-state index is -0.443. The molecule has 0 spiro atoms. The van der Waals surface area contributed by atoms with E-state index in [1.165, 1.54) is 36.4 Å². The number of amides is 2. The maximum absolute atomic E-state index is 13.3. The second-order valence-electron chi connectivity index (χ2n) is 6.47. The highest BCUT2D eigenvalue weighted by atomic mass is 19.1. The van der Waals surface area contributed by atoms with Crippen LogP contribution < -0.4 is 5.32 Å². The number of likely N-dealkylation sites (tertiary alicyclic amines) is 1. The molecule has 1 aliphatic rings. The second kappa shape index (κ2) is 8.08. The van der Waals surface area contributed by atoms with Crippen LogP contribution >= 0.6 is 0 Å². The van der Waals surface area contributed by atoms with Crippen molar-refractivity contribution >= 4 is 11.8 Å². The van der Waals surface area contributed by atoms with E-state index in [0.717, 1.165) is 12.8 Å². The minimum absolute atomic E-state index is 0.174. The first kappa shape index (κ1) is 18.0. The van der Waals surface area contributed by atoms with Crippen LogP contribution in [0.25, 0.3) is 0 Å². The van der Waals surface area contributed by atoms with Crippen LogP contribution in [-0.4, -0.2) is 36.3 Å². The number of carbonyl (C=O) groups excluding carboxylic acids is 2. The summed E-state index contributed by atoms with van der Waals surface area (Å²) in [6.07, 6.45) is 1.51. The van der Waals surface area contributed by atoms with Crippen molar-refractivity contribution in [2.24, 2.45) is 5.92 Å². The number of piperidine rings is 1. The van der Waals surface area contributed by atoms with Crippen molar-refractivity contribution in [3.05, 3.63) is 71.3 Å². The first-order valence-electron chi connectivity index (χ1n) is 8.61. The lowest BCUT2D eigenvalue weighted by atomic mass is 9.96. The van der Waals surface area contributed by atoms with Gasteiger partial charge in [-0.1, -0.05) is 12.1 Å². The third kappa shape index (κ3) is 4.45. The summed E-state index contributed by atoms with van der Waals surface area (Å²) in [5.41, 5.74) is 0.645. The van der Waals surface area contributed by atoms with E-state index in [-0.39, 0.29) is 17.7 Å². The Hall–Kier alpha value is -2.76. The molecule has 2 amide bonds. The number of rotatable bonds is 4. The number of carbonyl (C=O) groups is 2. The lowest BCUT2D eigenvalue weighted by molar-refractivity contribution is 0.0684. The zero-order valence-electron chi connectivity index (χ0n) is 14.3. The molecule has 0 aromatic heterocycles. The van der Waals surface area contributed by atoms with E-state index in [4.69, 9.17) is 0 Å². The molecule has 4 nitrogen and oxygen atoms in total. The second-order valence-corrected chi connectivity index (χ2v) is 6.47. The molecule has 0 saturated carbocycles. The fraction of sp³-hybridized carbons (Fsp3) is 0.300. The molecule has 0 unspecified atom stereocenters. The Morgan fingerprint density at radius 2 is 1.54 bits per heavy atom. The van der Waals surface area contributed by atoms with Crippen molar-refractivity contribution in [3.63, 3.8) is 0 Å². The Kier molecular flexibility index (Phi) is 5.61. The van der Waals surface area contributed by atoms with E-state index in [1.54, 1.807) is 17.0 Å². The molecule has 136 valence electrons. The molecule has 0 atom stereocenters. The molecule has 26 heavy (non-hydrogen) atoms. The van der Waals surface area contributed by atoms with Crippen molar-refractivity contribution in [1.29, 1.82) is 0 Å². The maximum Gasteiger partial charge on any atom is 0.253 e. The van der Waals surface area contributed by atoms with Crippen molar-refractivity contribution in [2.45, 2.75) is 12.8 Å². The van der Waals surface area contributed by atoms with Gasteiger partial charge in [-0.25, -0.2) is 8.78 Å². The summed E-state index contributed by atoms with van der Waals surface area (Å²) >= 11 is 0. The van der Waals surface area contributed by atoms with Crippen molar-refractivity contribution in [2.75, 3.05) is 19.6 Å². The molecule has 1 heterocycles. The van der Waals surface area contributed by atoms with Gasteiger partial charge in [0.25, 0.3) is 11.8 Å². The third-order valence-corrected chi connectivity index (χ3v) is 4.61. The molecule has 6 heteroatoms. The van der Waals surface area contributed by atoms with Gasteiger partial charge in [-0.05, 0) is 55.2 Å². The average molecular weight is 358 g/mol. The summed E-state index contributed by atoms with van der Waals surface area (Å²) in [6.45, 7) is 1.61. The van der Waals surface area contributed by atoms with Gasteiger partial charge in [-0.3, -0.25) is 9.59 Å². The summed E-state index contributed by atoms with van der Waals surface area (Å²) in [5.74, 6) is -1.09. The molecule has 1 saturated heterocycles. The molecule has 0 bridgehead atoms. The molecule has 2 aromatic carbocycles. The van der Waals surface area contributed by atoms with Crippen molar-refractivity contribution < 1.29 is 18.4 Å². The van der Waals surface area contributed by atoms with Gasteiger partial charge in [0.05, 0.1) is 0 Å². The molecule has 0 aliphatic carbocycles. The van der Waals surface area contributed by atoms with E-state index in [9.17, 15) is 18.4 Å². The minimum Gasteiger partial charge on any atom is -0.352 e. The number of nitrogens with one attached hydrogen (secondary N) is 1. The van der Waals surface area contributed by atoms with E-state index in [2.05, 4.69) is 5.32 Å². The van der Waals surface area contributed by atoms with E-state index >= 15 is 0 Å². The molecule has 3 rings (SSSR count). The smallest absolute Gasteiger partial charge is 0.253 e. The lowest BCUT2D eigenvalue weighted by Gasteiger charge is -2.32. The van der Waals surface area contributed by atoms with Crippen LogP contribution in [-0.2, 0) is 0 Å². The predicted molar refractivity (Wildman–Crippen MR) is 93.8 cm³/mol. The lowest BCUT2D eigenvalue weighted by Crippen LogP contribution is -2.41. The van der Waals surface area contributed by atoms with Gasteiger partial charge in [-0.2, -0.15) is 0 Å². The van der Waals surface area contributed by atoms with Gasteiger partial charge < -0.3 is 10.2 Å². The highest BCUT2D eigenvalue weighted by molar-refractivity contribution is 5.94. The third-order valence-electron chi connectivity index (χ3n) is 4.61. The molecule has 0 radical (unpaired) electrons. The Morgan fingerprint density at radius 3 is 2.15 bits per heavy atom. The molecule has 1 aliphatic heterocycles. The standard InChI is InChI=1S/C20H20F2N2O2/c21-17-5-1-3-15(11-17)19(25)23-13-14-7-9-24(10-8-14)20(26)16-4-2-6-18(22)12-16/h1-6,11-12,14H,7-10,13H2,(H,23,25). The Balaban J connectivity index is 1.48. The summed E-state index contributed by atoms with van der Waals surface area (Å²) in [4.78, 5) is 26.2. The highest BCUT2D eigenvalue weighted by Gasteiger charge is 2.24. The number of halogens is 2. The Labute approximate surface area is 150 Å². The van der Waals surface area contributed by atoms with Crippen LogP contribution in [0.15, 0.2) is 48.5 Å². The van der Waals surface area contributed by atoms with Gasteiger partial charge >= 0.3 is 0 Å². The average Bonchev–Trinajstić information content (AvgIpc) is 2.66. The summed E-state index contributed by atoms with van der Waals surface area (Å²) in [5, 5.41) is 2.82. The van der Waals surface area contributed by atoms with E-state index in [0.29, 0.717) is 30.8 Å². The normalized spacial score (nSPS) is 14.9. The number of benzene rings is 2. The first-order chi connectivity index (χ1) is 12.5. The zero-order chi connectivity index (χ0) is 18.5. The quantitative estimate of drug-likeness (QED) is 0.912. The summed E-state index contributed by atoms with van der Waals surface area (Å²) in [7, 11) is 0. The van der Waals surface area contributed by atoms with Gasteiger partial charge in [0.2, 0.25) is 0 Å². The van der Waals surface area contributed by atoms with Gasteiger partial charge in [0.1, 0.15) is 11.6 Å². The topological polar surface area (TPSA) is 49.4 Å². The number of hydrogen-bond acceptors (Lipinski definition) is 2. The van der Waals surface area contributed by atoms with Crippen LogP contribution in [0.4, 0.5) is 8.78 Å². The van der Waals surface area contributed by atoms with E-state index < -0.39 is 11.6 Å². The zero-order valence-corrected chi connectivity index (χ0v) is 14.3. The molecule has 1 fully saturated rings. The predicted octanol–water partition coefficient (Wildman–Crippen LogP) is 3.25. The van der Waals surface area contributed by atoms with Crippen molar-refractivity contribution in [1.82, 2.24) is 10.2 Å². The molecule has 2 aromatic rings. The largest absolute Gasteiger partial charge is 0.352 e. The van der Waals surface area contributed by atoms with Crippen LogP contribution in [0.5, 0.6) is 0 Å². The van der Waals surface area contributed by atoms with Crippen LogP contribution in [0, 0.1) is 17.6 Å². The van der Waals surface area contributed by atoms with Gasteiger partial charge in [-0.15, -0.1) is 0 Å². The fourth-order valence-corrected chi connectivity index (χ4v) is 3.11. The summed E-state index contributed by atoms with van der Waals surface area (Å²) < 4.78 is 26.4. The molecular formula is C20H20F2N2O2. The van der Waals surface area contributed by atoms with Gasteiger partial charge in [0.15, 0.2) is 0 Å². The van der Waals surface area contributed by atoms with Gasteiger partial charge in [0, 0.05) is 30.8 Å².